The van der Waals surface area contributed by atoms with Crippen molar-refractivity contribution in [1.82, 2.24) is 14.6 Å². The van der Waals surface area contributed by atoms with Crippen LogP contribution in [0.5, 0.6) is 0 Å². The monoisotopic (exact) mass is 295 g/mol. The molecule has 0 spiro atoms. The van der Waals surface area contributed by atoms with Crippen molar-refractivity contribution in [2.75, 3.05) is 13.1 Å². The van der Waals surface area contributed by atoms with E-state index in [-0.39, 0.29) is 6.54 Å². The fraction of sp³-hybridized carbons (Fsp3) is 0.308. The van der Waals surface area contributed by atoms with E-state index in [0.717, 1.165) is 5.56 Å². The summed E-state index contributed by atoms with van der Waals surface area (Å²) in [6.45, 7) is 2.36. The Bertz CT molecular complexity index is 638. The smallest absolute Gasteiger partial charge is 0.276 e. The lowest BCUT2D eigenvalue weighted by molar-refractivity contribution is 0.423. The third-order valence-electron chi connectivity index (χ3n) is 2.62. The average Bonchev–Trinajstić information content (AvgIpc) is 2.88. The molecule has 0 unspecified atom stereocenters. The third-order valence-corrected chi connectivity index (χ3v) is 3.88. The zero-order valence-corrected chi connectivity index (χ0v) is 12.0. The number of aromatic nitrogens is 1. The Balaban J connectivity index is 1.91. The van der Waals surface area contributed by atoms with Gasteiger partial charge in [-0.15, -0.1) is 0 Å². The minimum Gasteiger partial charge on any atom is -0.356 e. The SMILES string of the molecule is CCNS(=O)(=O)NCCc1cc(-c2ccccc2)on1. The van der Waals surface area contributed by atoms with Gasteiger partial charge in [0.2, 0.25) is 0 Å². The molecule has 7 heteroatoms. The van der Waals surface area contributed by atoms with Gasteiger partial charge in [-0.1, -0.05) is 42.4 Å². The number of hydrogen-bond acceptors (Lipinski definition) is 4. The second-order valence-corrected chi connectivity index (χ2v) is 5.78. The molecule has 2 rings (SSSR count). The molecule has 0 saturated carbocycles. The second-order valence-electron chi connectivity index (χ2n) is 4.19. The van der Waals surface area contributed by atoms with Crippen LogP contribution in [0.15, 0.2) is 40.9 Å². The predicted molar refractivity (Wildman–Crippen MR) is 76.2 cm³/mol. The summed E-state index contributed by atoms with van der Waals surface area (Å²) in [6.07, 6.45) is 0.473. The van der Waals surface area contributed by atoms with E-state index < -0.39 is 10.2 Å². The first-order valence-electron chi connectivity index (χ1n) is 6.36. The number of nitrogens with zero attached hydrogens (tertiary/aromatic N) is 1. The third kappa shape index (κ3) is 4.16. The number of rotatable bonds is 7. The topological polar surface area (TPSA) is 84.2 Å². The van der Waals surface area contributed by atoms with Crippen molar-refractivity contribution in [2.24, 2.45) is 0 Å². The molecule has 6 nitrogen and oxygen atoms in total. The zero-order valence-electron chi connectivity index (χ0n) is 11.2. The highest BCUT2D eigenvalue weighted by atomic mass is 32.2. The molecule has 2 aromatic rings. The van der Waals surface area contributed by atoms with E-state index in [0.29, 0.717) is 24.4 Å². The van der Waals surface area contributed by atoms with E-state index in [9.17, 15) is 8.42 Å². The van der Waals surface area contributed by atoms with Gasteiger partial charge in [0, 0.05) is 31.1 Å². The summed E-state index contributed by atoms with van der Waals surface area (Å²) in [5.41, 5.74) is 1.66. The Labute approximate surface area is 118 Å². The molecule has 0 radical (unpaired) electrons. The zero-order chi connectivity index (χ0) is 14.4. The summed E-state index contributed by atoms with van der Waals surface area (Å²) >= 11 is 0. The van der Waals surface area contributed by atoms with Crippen LogP contribution in [-0.2, 0) is 16.6 Å². The van der Waals surface area contributed by atoms with Gasteiger partial charge in [0.15, 0.2) is 5.76 Å². The molecule has 0 aliphatic heterocycles. The maximum Gasteiger partial charge on any atom is 0.276 e. The fourth-order valence-corrected chi connectivity index (χ4v) is 2.58. The largest absolute Gasteiger partial charge is 0.356 e. The number of hydrogen-bond donors (Lipinski definition) is 2. The van der Waals surface area contributed by atoms with E-state index in [1.807, 2.05) is 36.4 Å². The molecule has 1 aromatic heterocycles. The summed E-state index contributed by atoms with van der Waals surface area (Å²) < 4.78 is 32.8. The molecule has 0 bridgehead atoms. The maximum absolute atomic E-state index is 11.4. The van der Waals surface area contributed by atoms with Gasteiger partial charge in [-0.25, -0.2) is 9.44 Å². The number of benzene rings is 1. The van der Waals surface area contributed by atoms with Crippen molar-refractivity contribution in [1.29, 1.82) is 0 Å². The molecule has 1 aromatic carbocycles. The molecule has 0 saturated heterocycles. The summed E-state index contributed by atoms with van der Waals surface area (Å²) in [7, 11) is -3.41. The van der Waals surface area contributed by atoms with Crippen LogP contribution >= 0.6 is 0 Å². The van der Waals surface area contributed by atoms with Crippen LogP contribution in [0.4, 0.5) is 0 Å². The van der Waals surface area contributed by atoms with Crippen LogP contribution in [0.3, 0.4) is 0 Å². The van der Waals surface area contributed by atoms with Gasteiger partial charge in [-0.2, -0.15) is 8.42 Å². The van der Waals surface area contributed by atoms with Gasteiger partial charge in [0.05, 0.1) is 5.69 Å². The van der Waals surface area contributed by atoms with Gasteiger partial charge in [0.1, 0.15) is 0 Å². The Morgan fingerprint density at radius 1 is 1.20 bits per heavy atom. The first-order chi connectivity index (χ1) is 9.61. The van der Waals surface area contributed by atoms with Crippen LogP contribution in [0.25, 0.3) is 11.3 Å². The minimum atomic E-state index is -3.41. The van der Waals surface area contributed by atoms with Crippen LogP contribution in [0.2, 0.25) is 0 Å². The molecule has 108 valence electrons. The van der Waals surface area contributed by atoms with E-state index >= 15 is 0 Å². The molecule has 0 atom stereocenters. The normalized spacial score (nSPS) is 11.7. The molecule has 0 aliphatic carbocycles. The Hall–Kier alpha value is -1.70. The molecule has 2 N–H and O–H groups in total. The lowest BCUT2D eigenvalue weighted by Gasteiger charge is -2.04. The molecular formula is C13H17N3O3S. The standard InChI is InChI=1S/C13H17N3O3S/c1-2-14-20(17,18)15-9-8-12-10-13(19-16-12)11-6-4-3-5-7-11/h3-7,10,14-15H,2,8-9H2,1H3. The van der Waals surface area contributed by atoms with Crippen molar-refractivity contribution >= 4 is 10.2 Å². The Morgan fingerprint density at radius 2 is 1.95 bits per heavy atom. The quantitative estimate of drug-likeness (QED) is 0.807. The highest BCUT2D eigenvalue weighted by Crippen LogP contribution is 2.19. The van der Waals surface area contributed by atoms with E-state index in [1.165, 1.54) is 0 Å². The van der Waals surface area contributed by atoms with Crippen LogP contribution in [-0.4, -0.2) is 26.7 Å². The van der Waals surface area contributed by atoms with E-state index in [4.69, 9.17) is 4.52 Å². The van der Waals surface area contributed by atoms with Gasteiger partial charge in [-0.05, 0) is 0 Å². The summed E-state index contributed by atoms with van der Waals surface area (Å²) in [5, 5.41) is 3.93. The predicted octanol–water partition coefficient (Wildman–Crippen LogP) is 1.33. The van der Waals surface area contributed by atoms with Crippen molar-refractivity contribution in [3.63, 3.8) is 0 Å². The Morgan fingerprint density at radius 3 is 2.65 bits per heavy atom. The second kappa shape index (κ2) is 6.65. The maximum atomic E-state index is 11.4. The average molecular weight is 295 g/mol. The van der Waals surface area contributed by atoms with E-state index in [2.05, 4.69) is 14.6 Å². The van der Waals surface area contributed by atoms with Crippen LogP contribution in [0, 0.1) is 0 Å². The van der Waals surface area contributed by atoms with Crippen molar-refractivity contribution in [2.45, 2.75) is 13.3 Å². The van der Waals surface area contributed by atoms with Crippen LogP contribution in [0.1, 0.15) is 12.6 Å². The first kappa shape index (κ1) is 14.7. The van der Waals surface area contributed by atoms with Crippen molar-refractivity contribution in [3.8, 4) is 11.3 Å². The van der Waals surface area contributed by atoms with E-state index in [1.54, 1.807) is 6.92 Å². The first-order valence-corrected chi connectivity index (χ1v) is 7.84. The summed E-state index contributed by atoms with van der Waals surface area (Å²) in [4.78, 5) is 0. The van der Waals surface area contributed by atoms with Gasteiger partial charge in [-0.3, -0.25) is 0 Å². The molecule has 0 fully saturated rings. The summed E-state index contributed by atoms with van der Waals surface area (Å²) in [5.74, 6) is 0.676. The van der Waals surface area contributed by atoms with Gasteiger partial charge < -0.3 is 4.52 Å². The van der Waals surface area contributed by atoms with Gasteiger partial charge in [0.25, 0.3) is 10.2 Å². The highest BCUT2D eigenvalue weighted by molar-refractivity contribution is 7.87. The molecular weight excluding hydrogens is 278 g/mol. The lowest BCUT2D eigenvalue weighted by atomic mass is 10.1. The summed E-state index contributed by atoms with van der Waals surface area (Å²) in [6, 6.07) is 11.4. The minimum absolute atomic E-state index is 0.274. The van der Waals surface area contributed by atoms with Crippen molar-refractivity contribution < 1.29 is 12.9 Å². The number of nitrogens with one attached hydrogen (secondary N) is 2. The molecule has 20 heavy (non-hydrogen) atoms. The van der Waals surface area contributed by atoms with Gasteiger partial charge >= 0.3 is 0 Å². The fourth-order valence-electron chi connectivity index (χ4n) is 1.72. The lowest BCUT2D eigenvalue weighted by Crippen LogP contribution is -2.37. The van der Waals surface area contributed by atoms with Crippen LogP contribution < -0.4 is 9.44 Å². The molecule has 0 amide bonds. The molecule has 0 aliphatic rings. The highest BCUT2D eigenvalue weighted by Gasteiger charge is 2.09. The molecule has 1 heterocycles. The van der Waals surface area contributed by atoms with Crippen molar-refractivity contribution in [3.05, 3.63) is 42.1 Å². The Kier molecular flexibility index (Phi) is 4.89.